The average molecular weight is 295 g/mol. The minimum Gasteiger partial charge on any atom is -0.338 e. The number of anilines is 1. The normalized spacial score (nSPS) is 17.1. The maximum Gasteiger partial charge on any atom is 0.239 e. The Morgan fingerprint density at radius 3 is 2.60 bits per heavy atom. The van der Waals surface area contributed by atoms with Gasteiger partial charge < -0.3 is 15.5 Å². The standard InChI is InChI=1S/C13H21N5OS/c1-20-10-3-11(14)12(19)17-6-8-18(9-7-17)13-15-4-2-5-16-13/h2,4-5,11H,3,6-10,14H2,1H3/t11-/m0/s1. The lowest BCUT2D eigenvalue weighted by Gasteiger charge is -2.35. The van der Waals surface area contributed by atoms with Crippen LogP contribution in [0.5, 0.6) is 0 Å². The largest absolute Gasteiger partial charge is 0.338 e. The number of thioether (sulfide) groups is 1. The number of hydrogen-bond acceptors (Lipinski definition) is 6. The number of aromatic nitrogens is 2. The summed E-state index contributed by atoms with van der Waals surface area (Å²) in [5, 5.41) is 0. The lowest BCUT2D eigenvalue weighted by atomic mass is 10.2. The molecule has 1 fully saturated rings. The summed E-state index contributed by atoms with van der Waals surface area (Å²) >= 11 is 1.72. The van der Waals surface area contributed by atoms with Crippen molar-refractivity contribution in [3.8, 4) is 0 Å². The smallest absolute Gasteiger partial charge is 0.239 e. The van der Waals surface area contributed by atoms with Gasteiger partial charge in [0.1, 0.15) is 0 Å². The van der Waals surface area contributed by atoms with Crippen molar-refractivity contribution in [1.82, 2.24) is 14.9 Å². The molecule has 1 aliphatic heterocycles. The molecule has 0 saturated carbocycles. The summed E-state index contributed by atoms with van der Waals surface area (Å²) in [5.74, 6) is 1.71. The molecular weight excluding hydrogens is 274 g/mol. The van der Waals surface area contributed by atoms with Crippen molar-refractivity contribution in [1.29, 1.82) is 0 Å². The molecule has 1 aromatic rings. The van der Waals surface area contributed by atoms with Crippen LogP contribution in [0.4, 0.5) is 5.95 Å². The first kappa shape index (κ1) is 15.1. The van der Waals surface area contributed by atoms with Gasteiger partial charge in [0.25, 0.3) is 0 Å². The molecule has 20 heavy (non-hydrogen) atoms. The first-order valence-electron chi connectivity index (χ1n) is 6.77. The van der Waals surface area contributed by atoms with Gasteiger partial charge in [0.2, 0.25) is 11.9 Å². The highest BCUT2D eigenvalue weighted by Crippen LogP contribution is 2.11. The Morgan fingerprint density at radius 1 is 1.35 bits per heavy atom. The molecule has 1 aromatic heterocycles. The summed E-state index contributed by atoms with van der Waals surface area (Å²) < 4.78 is 0. The fourth-order valence-corrected chi connectivity index (χ4v) is 2.67. The van der Waals surface area contributed by atoms with Gasteiger partial charge in [-0.2, -0.15) is 11.8 Å². The van der Waals surface area contributed by atoms with Crippen molar-refractivity contribution in [2.75, 3.05) is 43.1 Å². The van der Waals surface area contributed by atoms with E-state index in [0.717, 1.165) is 31.2 Å². The van der Waals surface area contributed by atoms with E-state index < -0.39 is 0 Å². The average Bonchev–Trinajstić information content (AvgIpc) is 2.53. The van der Waals surface area contributed by atoms with Gasteiger partial charge in [0.15, 0.2) is 0 Å². The van der Waals surface area contributed by atoms with E-state index in [4.69, 9.17) is 5.73 Å². The van der Waals surface area contributed by atoms with Crippen LogP contribution in [0.25, 0.3) is 0 Å². The second kappa shape index (κ2) is 7.44. The minimum atomic E-state index is -0.373. The Morgan fingerprint density at radius 2 is 2.00 bits per heavy atom. The minimum absolute atomic E-state index is 0.0627. The third-order valence-electron chi connectivity index (χ3n) is 3.38. The quantitative estimate of drug-likeness (QED) is 0.837. The first-order chi connectivity index (χ1) is 9.72. The summed E-state index contributed by atoms with van der Waals surface area (Å²) in [5.41, 5.74) is 5.94. The van der Waals surface area contributed by atoms with Crippen molar-refractivity contribution in [2.45, 2.75) is 12.5 Å². The highest BCUT2D eigenvalue weighted by molar-refractivity contribution is 7.98. The van der Waals surface area contributed by atoms with Crippen LogP contribution >= 0.6 is 11.8 Å². The maximum absolute atomic E-state index is 12.2. The van der Waals surface area contributed by atoms with Crippen LogP contribution in [0.3, 0.4) is 0 Å². The van der Waals surface area contributed by atoms with Crippen LogP contribution < -0.4 is 10.6 Å². The molecule has 0 spiro atoms. The van der Waals surface area contributed by atoms with Gasteiger partial charge in [-0.05, 0) is 24.5 Å². The Labute approximate surface area is 123 Å². The number of piperazine rings is 1. The molecule has 1 amide bonds. The molecule has 0 aromatic carbocycles. The molecule has 0 radical (unpaired) electrons. The fraction of sp³-hybridized carbons (Fsp3) is 0.615. The first-order valence-corrected chi connectivity index (χ1v) is 8.17. The van der Waals surface area contributed by atoms with E-state index in [-0.39, 0.29) is 11.9 Å². The second-order valence-electron chi connectivity index (χ2n) is 4.75. The lowest BCUT2D eigenvalue weighted by molar-refractivity contribution is -0.132. The van der Waals surface area contributed by atoms with Crippen molar-refractivity contribution < 1.29 is 4.79 Å². The van der Waals surface area contributed by atoms with Gasteiger partial charge in [-0.1, -0.05) is 0 Å². The summed E-state index contributed by atoms with van der Waals surface area (Å²) in [7, 11) is 0. The predicted octanol–water partition coefficient (Wildman–Crippen LogP) is 0.206. The van der Waals surface area contributed by atoms with Crippen LogP contribution in [-0.4, -0.2) is 65.0 Å². The molecule has 0 unspecified atom stereocenters. The molecule has 7 heteroatoms. The van der Waals surface area contributed by atoms with Gasteiger partial charge >= 0.3 is 0 Å². The number of nitrogens with two attached hydrogens (primary N) is 1. The molecule has 110 valence electrons. The second-order valence-corrected chi connectivity index (χ2v) is 5.73. The van der Waals surface area contributed by atoms with E-state index in [1.807, 2.05) is 11.2 Å². The Balaban J connectivity index is 1.83. The Bertz CT molecular complexity index is 422. The summed E-state index contributed by atoms with van der Waals surface area (Å²) in [6, 6.07) is 1.43. The summed E-state index contributed by atoms with van der Waals surface area (Å²) in [6.07, 6.45) is 6.23. The Kier molecular flexibility index (Phi) is 5.60. The number of carbonyl (C=O) groups is 1. The topological polar surface area (TPSA) is 75.4 Å². The van der Waals surface area contributed by atoms with Crippen LogP contribution in [-0.2, 0) is 4.79 Å². The van der Waals surface area contributed by atoms with E-state index in [1.54, 1.807) is 30.2 Å². The van der Waals surface area contributed by atoms with Crippen LogP contribution in [0.1, 0.15) is 6.42 Å². The van der Waals surface area contributed by atoms with Gasteiger partial charge in [0.05, 0.1) is 6.04 Å². The van der Waals surface area contributed by atoms with E-state index >= 15 is 0 Å². The molecule has 1 aliphatic rings. The van der Waals surface area contributed by atoms with Crippen molar-refractivity contribution in [3.63, 3.8) is 0 Å². The number of nitrogens with zero attached hydrogens (tertiary/aromatic N) is 4. The number of hydrogen-bond donors (Lipinski definition) is 1. The predicted molar refractivity (Wildman–Crippen MR) is 81.8 cm³/mol. The summed E-state index contributed by atoms with van der Waals surface area (Å²) in [4.78, 5) is 24.6. The molecule has 1 saturated heterocycles. The lowest BCUT2D eigenvalue weighted by Crippen LogP contribution is -2.53. The van der Waals surface area contributed by atoms with Crippen LogP contribution in [0.15, 0.2) is 18.5 Å². The third kappa shape index (κ3) is 3.83. The van der Waals surface area contributed by atoms with Crippen LogP contribution in [0.2, 0.25) is 0 Å². The van der Waals surface area contributed by atoms with Gasteiger partial charge in [-0.3, -0.25) is 4.79 Å². The van der Waals surface area contributed by atoms with Gasteiger partial charge in [-0.15, -0.1) is 0 Å². The van der Waals surface area contributed by atoms with E-state index in [1.165, 1.54) is 0 Å². The van der Waals surface area contributed by atoms with Crippen molar-refractivity contribution >= 4 is 23.6 Å². The van der Waals surface area contributed by atoms with Gasteiger partial charge in [0, 0.05) is 38.6 Å². The number of carbonyl (C=O) groups excluding carboxylic acids is 1. The number of rotatable bonds is 5. The molecule has 2 heterocycles. The van der Waals surface area contributed by atoms with E-state index in [2.05, 4.69) is 14.9 Å². The van der Waals surface area contributed by atoms with E-state index in [9.17, 15) is 4.79 Å². The third-order valence-corrected chi connectivity index (χ3v) is 4.02. The SMILES string of the molecule is CSCC[C@H](N)C(=O)N1CCN(c2ncccn2)CC1. The number of amides is 1. The molecule has 0 bridgehead atoms. The maximum atomic E-state index is 12.2. The molecule has 2 N–H and O–H groups in total. The molecule has 6 nitrogen and oxygen atoms in total. The fourth-order valence-electron chi connectivity index (χ4n) is 2.18. The van der Waals surface area contributed by atoms with Crippen molar-refractivity contribution in [3.05, 3.63) is 18.5 Å². The van der Waals surface area contributed by atoms with Crippen LogP contribution in [0, 0.1) is 0 Å². The molecule has 0 aliphatic carbocycles. The highest BCUT2D eigenvalue weighted by atomic mass is 32.2. The Hall–Kier alpha value is -1.34. The van der Waals surface area contributed by atoms with E-state index in [0.29, 0.717) is 13.1 Å². The zero-order valence-corrected chi connectivity index (χ0v) is 12.6. The monoisotopic (exact) mass is 295 g/mol. The molecule has 1 atom stereocenters. The molecule has 2 rings (SSSR count). The zero-order chi connectivity index (χ0) is 14.4. The summed E-state index contributed by atoms with van der Waals surface area (Å²) in [6.45, 7) is 2.88. The van der Waals surface area contributed by atoms with Crippen molar-refractivity contribution in [2.24, 2.45) is 5.73 Å². The van der Waals surface area contributed by atoms with Gasteiger partial charge in [-0.25, -0.2) is 9.97 Å². The molecular formula is C13H21N5OS. The zero-order valence-electron chi connectivity index (χ0n) is 11.7. The highest BCUT2D eigenvalue weighted by Gasteiger charge is 2.25.